The van der Waals surface area contributed by atoms with E-state index in [4.69, 9.17) is 0 Å². The molecule has 2 heterocycles. The number of nitrogens with one attached hydrogen (secondary N) is 3. The molecule has 0 atom stereocenters. The quantitative estimate of drug-likeness (QED) is 0.297. The molecule has 178 valence electrons. The molecule has 4 aromatic rings. The highest BCUT2D eigenvalue weighted by atomic mass is 32.1. The lowest BCUT2D eigenvalue weighted by Gasteiger charge is -2.13. The molecule has 8 heteroatoms. The van der Waals surface area contributed by atoms with Crippen LogP contribution in [0.3, 0.4) is 0 Å². The highest BCUT2D eigenvalue weighted by Crippen LogP contribution is 2.38. The number of nitrogens with zero attached hydrogens (tertiary/aromatic N) is 1. The van der Waals surface area contributed by atoms with Crippen molar-refractivity contribution in [2.45, 2.75) is 32.1 Å². The minimum atomic E-state index is -0.379. The van der Waals surface area contributed by atoms with Gasteiger partial charge in [-0.2, -0.15) is 5.10 Å². The van der Waals surface area contributed by atoms with Gasteiger partial charge in [0.15, 0.2) is 0 Å². The second-order valence-corrected chi connectivity index (χ2v) is 9.65. The number of thiophene rings is 1. The molecule has 2 amide bonds. The minimum absolute atomic E-state index is 0.0892. The van der Waals surface area contributed by atoms with E-state index in [1.165, 1.54) is 16.2 Å². The molecule has 7 nitrogen and oxygen atoms in total. The summed E-state index contributed by atoms with van der Waals surface area (Å²) >= 11 is 1.48. The number of phenolic OH excluding ortho intramolecular Hbond substituents is 1. The summed E-state index contributed by atoms with van der Waals surface area (Å²) in [6.45, 7) is 0.519. The predicted molar refractivity (Wildman–Crippen MR) is 137 cm³/mol. The number of aromatic hydroxyl groups is 1. The fourth-order valence-electron chi connectivity index (χ4n) is 4.38. The second kappa shape index (κ2) is 10.1. The van der Waals surface area contributed by atoms with Crippen molar-refractivity contribution < 1.29 is 14.7 Å². The van der Waals surface area contributed by atoms with Crippen molar-refractivity contribution >= 4 is 28.2 Å². The first-order valence-corrected chi connectivity index (χ1v) is 12.5. The summed E-state index contributed by atoms with van der Waals surface area (Å²) in [4.78, 5) is 27.5. The maximum Gasteiger partial charge on any atom is 0.274 e. The summed E-state index contributed by atoms with van der Waals surface area (Å²) in [7, 11) is 0. The van der Waals surface area contributed by atoms with E-state index < -0.39 is 0 Å². The number of aromatic amines is 1. The zero-order valence-electron chi connectivity index (χ0n) is 19.1. The molecule has 1 aliphatic carbocycles. The third kappa shape index (κ3) is 4.97. The van der Waals surface area contributed by atoms with Crippen LogP contribution >= 0.6 is 11.3 Å². The smallest absolute Gasteiger partial charge is 0.274 e. The van der Waals surface area contributed by atoms with Gasteiger partial charge in [-0.1, -0.05) is 42.5 Å². The highest BCUT2D eigenvalue weighted by Gasteiger charge is 2.27. The molecule has 0 aliphatic heterocycles. The Hall–Kier alpha value is -3.91. The van der Waals surface area contributed by atoms with Gasteiger partial charge in [0.25, 0.3) is 11.8 Å². The maximum absolute atomic E-state index is 13.2. The Morgan fingerprint density at radius 2 is 1.77 bits per heavy atom. The van der Waals surface area contributed by atoms with Gasteiger partial charge in [-0.3, -0.25) is 14.7 Å². The van der Waals surface area contributed by atoms with Crippen LogP contribution in [-0.2, 0) is 19.3 Å². The van der Waals surface area contributed by atoms with E-state index >= 15 is 0 Å². The number of fused-ring (bicyclic) bond motifs is 1. The Bertz CT molecular complexity index is 1360. The third-order valence-corrected chi connectivity index (χ3v) is 7.38. The number of phenols is 1. The van der Waals surface area contributed by atoms with E-state index in [9.17, 15) is 14.7 Å². The number of amides is 2. The van der Waals surface area contributed by atoms with E-state index in [0.29, 0.717) is 28.4 Å². The normalized spacial score (nSPS) is 12.7. The number of carbonyl (C=O) groups is 2. The largest absolute Gasteiger partial charge is 0.507 e. The van der Waals surface area contributed by atoms with Crippen LogP contribution in [0.2, 0.25) is 0 Å². The van der Waals surface area contributed by atoms with Crippen molar-refractivity contribution in [3.63, 3.8) is 0 Å². The van der Waals surface area contributed by atoms with E-state index in [1.54, 1.807) is 30.3 Å². The Morgan fingerprint density at radius 1 is 1.00 bits per heavy atom. The van der Waals surface area contributed by atoms with Crippen LogP contribution in [0.5, 0.6) is 5.75 Å². The first-order chi connectivity index (χ1) is 17.1. The summed E-state index contributed by atoms with van der Waals surface area (Å²) in [5, 5.41) is 23.6. The lowest BCUT2D eigenvalue weighted by atomic mass is 9.95. The van der Waals surface area contributed by atoms with Crippen molar-refractivity contribution in [2.75, 3.05) is 11.9 Å². The predicted octanol–water partition coefficient (Wildman–Crippen LogP) is 4.95. The number of hydrogen-bond donors (Lipinski definition) is 4. The molecule has 5 rings (SSSR count). The van der Waals surface area contributed by atoms with Crippen LogP contribution in [-0.4, -0.2) is 33.7 Å². The number of anilines is 1. The molecule has 0 fully saturated rings. The number of H-pyrrole nitrogens is 1. The summed E-state index contributed by atoms with van der Waals surface area (Å²) in [5.74, 6) is -0.447. The Kier molecular flexibility index (Phi) is 6.63. The van der Waals surface area contributed by atoms with Crippen LogP contribution in [0.15, 0.2) is 60.7 Å². The van der Waals surface area contributed by atoms with Crippen LogP contribution in [0.1, 0.15) is 49.7 Å². The molecule has 4 N–H and O–H groups in total. The van der Waals surface area contributed by atoms with Gasteiger partial charge in [-0.25, -0.2) is 0 Å². The van der Waals surface area contributed by atoms with Crippen LogP contribution in [0, 0.1) is 0 Å². The van der Waals surface area contributed by atoms with Crippen molar-refractivity contribution in [1.82, 2.24) is 15.5 Å². The lowest BCUT2D eigenvalue weighted by Crippen LogP contribution is -2.27. The van der Waals surface area contributed by atoms with Gasteiger partial charge < -0.3 is 15.7 Å². The summed E-state index contributed by atoms with van der Waals surface area (Å²) in [6.07, 6.45) is 4.61. The average molecular weight is 487 g/mol. The average Bonchev–Trinajstić information content (AvgIpc) is 3.50. The van der Waals surface area contributed by atoms with Crippen LogP contribution < -0.4 is 10.6 Å². The minimum Gasteiger partial charge on any atom is -0.507 e. The van der Waals surface area contributed by atoms with Gasteiger partial charge >= 0.3 is 0 Å². The van der Waals surface area contributed by atoms with Crippen LogP contribution in [0.4, 0.5) is 5.00 Å². The Morgan fingerprint density at radius 3 is 2.60 bits per heavy atom. The van der Waals surface area contributed by atoms with E-state index in [0.717, 1.165) is 43.2 Å². The Balaban J connectivity index is 1.34. The van der Waals surface area contributed by atoms with E-state index in [1.807, 2.05) is 30.3 Å². The van der Waals surface area contributed by atoms with Gasteiger partial charge in [0, 0.05) is 17.0 Å². The Labute approximate surface area is 207 Å². The lowest BCUT2D eigenvalue weighted by molar-refractivity contribution is 0.0954. The third-order valence-electron chi connectivity index (χ3n) is 6.17. The van der Waals surface area contributed by atoms with Gasteiger partial charge in [-0.05, 0) is 61.4 Å². The van der Waals surface area contributed by atoms with Crippen molar-refractivity contribution in [1.29, 1.82) is 0 Å². The molecule has 0 radical (unpaired) electrons. The topological polar surface area (TPSA) is 107 Å². The van der Waals surface area contributed by atoms with Crippen LogP contribution in [0.25, 0.3) is 11.3 Å². The first kappa shape index (κ1) is 22.9. The molecule has 2 aromatic carbocycles. The number of aromatic nitrogens is 2. The molecule has 0 saturated heterocycles. The molecule has 1 aliphatic rings. The SMILES string of the molecule is O=C(Nc1sc2c(c1C(=O)NCCc1ccccc1)CCCC2)c1cc(-c2ccccc2O)n[nH]1. The molecule has 0 saturated carbocycles. The molecular weight excluding hydrogens is 460 g/mol. The van der Waals surface area contributed by atoms with Crippen molar-refractivity contribution in [2.24, 2.45) is 0 Å². The monoisotopic (exact) mass is 486 g/mol. The summed E-state index contributed by atoms with van der Waals surface area (Å²) in [6, 6.07) is 18.4. The number of benzene rings is 2. The maximum atomic E-state index is 13.2. The number of aryl methyl sites for hydroxylation is 1. The molecule has 0 bridgehead atoms. The number of rotatable bonds is 7. The molecule has 0 spiro atoms. The fraction of sp³-hybridized carbons (Fsp3) is 0.222. The summed E-state index contributed by atoms with van der Waals surface area (Å²) in [5.41, 5.74) is 4.04. The summed E-state index contributed by atoms with van der Waals surface area (Å²) < 4.78 is 0. The highest BCUT2D eigenvalue weighted by molar-refractivity contribution is 7.17. The van der Waals surface area contributed by atoms with E-state index in [2.05, 4.69) is 20.8 Å². The molecule has 2 aromatic heterocycles. The molecular formula is C27H26N4O3S. The first-order valence-electron chi connectivity index (χ1n) is 11.7. The standard InChI is InChI=1S/C27H26N4O3S/c32-22-12-6-4-10-18(22)20-16-21(31-30-20)25(33)29-27-24(19-11-5-7-13-23(19)35-27)26(34)28-15-14-17-8-2-1-3-9-17/h1-4,6,8-10,12,16,32H,5,7,11,13-15H2,(H,28,34)(H,29,33)(H,30,31). The number of carbonyl (C=O) groups excluding carboxylic acids is 2. The molecule has 35 heavy (non-hydrogen) atoms. The van der Waals surface area contributed by atoms with Gasteiger partial charge in [0.1, 0.15) is 16.4 Å². The second-order valence-electron chi connectivity index (χ2n) is 8.54. The fourth-order valence-corrected chi connectivity index (χ4v) is 5.67. The van der Waals surface area contributed by atoms with Gasteiger partial charge in [-0.15, -0.1) is 11.3 Å². The van der Waals surface area contributed by atoms with Crippen molar-refractivity contribution in [3.05, 3.63) is 87.9 Å². The zero-order valence-corrected chi connectivity index (χ0v) is 20.0. The number of para-hydroxylation sites is 1. The molecule has 0 unspecified atom stereocenters. The van der Waals surface area contributed by atoms with E-state index in [-0.39, 0.29) is 23.3 Å². The number of hydrogen-bond acceptors (Lipinski definition) is 5. The van der Waals surface area contributed by atoms with Crippen molar-refractivity contribution in [3.8, 4) is 17.0 Å². The van der Waals surface area contributed by atoms with Gasteiger partial charge in [0.2, 0.25) is 0 Å². The zero-order chi connectivity index (χ0) is 24.2. The van der Waals surface area contributed by atoms with Gasteiger partial charge in [0.05, 0.1) is 11.3 Å².